The molecule has 1 aliphatic heterocycles. The number of nitrogens with zero attached hydrogens (tertiary/aromatic N) is 1. The summed E-state index contributed by atoms with van der Waals surface area (Å²) in [5.74, 6) is 1.08. The Morgan fingerprint density at radius 1 is 1.20 bits per heavy atom. The van der Waals surface area contributed by atoms with E-state index in [0.29, 0.717) is 18.8 Å². The summed E-state index contributed by atoms with van der Waals surface area (Å²) in [5.41, 5.74) is 1.73. The lowest BCUT2D eigenvalue weighted by Gasteiger charge is -2.36. The highest BCUT2D eigenvalue weighted by Gasteiger charge is 2.31. The number of benzene rings is 2. The Morgan fingerprint density at radius 3 is 2.84 bits per heavy atom. The van der Waals surface area contributed by atoms with Gasteiger partial charge in [-0.2, -0.15) is 0 Å². The number of methoxy groups -OCH3 is 1. The van der Waals surface area contributed by atoms with Crippen molar-refractivity contribution >= 4 is 16.9 Å². The van der Waals surface area contributed by atoms with E-state index in [9.17, 15) is 4.79 Å². The summed E-state index contributed by atoms with van der Waals surface area (Å²) in [4.78, 5) is 15.0. The first-order chi connectivity index (χ1) is 12.3. The number of ether oxygens (including phenoxy) is 1. The summed E-state index contributed by atoms with van der Waals surface area (Å²) in [7, 11) is 1.65. The maximum absolute atomic E-state index is 13.1. The third kappa shape index (κ3) is 2.87. The van der Waals surface area contributed by atoms with Gasteiger partial charge in [0, 0.05) is 30.6 Å². The van der Waals surface area contributed by atoms with Crippen LogP contribution in [0.5, 0.6) is 5.75 Å². The molecule has 0 spiro atoms. The number of furan rings is 1. The van der Waals surface area contributed by atoms with Gasteiger partial charge in [-0.25, -0.2) is 0 Å². The van der Waals surface area contributed by atoms with Crippen LogP contribution in [0.15, 0.2) is 59.0 Å². The van der Waals surface area contributed by atoms with Crippen LogP contribution in [-0.4, -0.2) is 37.6 Å². The van der Waals surface area contributed by atoms with Crippen LogP contribution in [0.2, 0.25) is 0 Å². The van der Waals surface area contributed by atoms with E-state index in [0.717, 1.165) is 28.8 Å². The number of piperazine rings is 1. The van der Waals surface area contributed by atoms with E-state index in [2.05, 4.69) is 5.32 Å². The fourth-order valence-corrected chi connectivity index (χ4v) is 3.40. The molecule has 0 aliphatic carbocycles. The number of amides is 1. The number of rotatable bonds is 3. The summed E-state index contributed by atoms with van der Waals surface area (Å²) in [6, 6.07) is 17.2. The lowest BCUT2D eigenvalue weighted by Crippen LogP contribution is -2.48. The number of carbonyl (C=O) groups is 1. The number of hydrogen-bond acceptors (Lipinski definition) is 4. The van der Waals surface area contributed by atoms with Gasteiger partial charge < -0.3 is 19.4 Å². The molecule has 1 amide bonds. The van der Waals surface area contributed by atoms with Crippen molar-refractivity contribution in [2.45, 2.75) is 6.04 Å². The van der Waals surface area contributed by atoms with Crippen LogP contribution in [0.3, 0.4) is 0 Å². The Hall–Kier alpha value is -2.79. The lowest BCUT2D eigenvalue weighted by atomic mass is 10.0. The summed E-state index contributed by atoms with van der Waals surface area (Å²) >= 11 is 0. The summed E-state index contributed by atoms with van der Waals surface area (Å²) in [6.45, 7) is 2.07. The highest BCUT2D eigenvalue weighted by atomic mass is 16.5. The second kappa shape index (κ2) is 6.61. The molecule has 1 N–H and O–H groups in total. The van der Waals surface area contributed by atoms with E-state index in [1.165, 1.54) is 0 Å². The molecule has 1 fully saturated rings. The molecule has 5 heteroatoms. The van der Waals surface area contributed by atoms with Gasteiger partial charge in [-0.15, -0.1) is 0 Å². The van der Waals surface area contributed by atoms with Crippen molar-refractivity contribution in [2.24, 2.45) is 0 Å². The fraction of sp³-hybridized carbons (Fsp3) is 0.250. The predicted octanol–water partition coefficient (Wildman–Crippen LogP) is 3.23. The molecule has 0 saturated carbocycles. The smallest absolute Gasteiger partial charge is 0.290 e. The first-order valence-corrected chi connectivity index (χ1v) is 8.41. The monoisotopic (exact) mass is 336 g/mol. The van der Waals surface area contributed by atoms with Gasteiger partial charge in [0.1, 0.15) is 11.3 Å². The second-order valence-corrected chi connectivity index (χ2v) is 6.11. The number of nitrogens with one attached hydrogen (secondary N) is 1. The van der Waals surface area contributed by atoms with Crippen LogP contribution in [0.1, 0.15) is 22.2 Å². The topological polar surface area (TPSA) is 54.7 Å². The van der Waals surface area contributed by atoms with Crippen LogP contribution in [-0.2, 0) is 0 Å². The Bertz CT molecular complexity index is 870. The van der Waals surface area contributed by atoms with E-state index in [4.69, 9.17) is 9.15 Å². The van der Waals surface area contributed by atoms with Crippen molar-refractivity contribution < 1.29 is 13.9 Å². The SMILES string of the molecule is COc1ccccc1C1CNCCN1C(=O)c1cc2ccccc2o1. The standard InChI is InChI=1S/C20H20N2O3/c1-24-18-9-5-3-7-15(18)16-13-21-10-11-22(16)20(23)19-12-14-6-2-4-8-17(14)25-19/h2-9,12,16,21H,10-11,13H2,1H3. The highest BCUT2D eigenvalue weighted by molar-refractivity contribution is 5.96. The van der Waals surface area contributed by atoms with E-state index >= 15 is 0 Å². The number of carbonyl (C=O) groups excluding carboxylic acids is 1. The van der Waals surface area contributed by atoms with Gasteiger partial charge in [-0.3, -0.25) is 4.79 Å². The quantitative estimate of drug-likeness (QED) is 0.798. The van der Waals surface area contributed by atoms with Crippen molar-refractivity contribution in [3.63, 3.8) is 0 Å². The van der Waals surface area contributed by atoms with E-state index < -0.39 is 0 Å². The van der Waals surface area contributed by atoms with Crippen LogP contribution in [0.4, 0.5) is 0 Å². The molecule has 1 aromatic heterocycles. The number of para-hydroxylation sites is 2. The zero-order chi connectivity index (χ0) is 17.2. The maximum atomic E-state index is 13.1. The van der Waals surface area contributed by atoms with Gasteiger partial charge in [0.15, 0.2) is 5.76 Å². The van der Waals surface area contributed by atoms with Gasteiger partial charge in [-0.05, 0) is 18.2 Å². The normalized spacial score (nSPS) is 17.6. The molecular formula is C20H20N2O3. The third-order valence-electron chi connectivity index (χ3n) is 4.64. The first-order valence-electron chi connectivity index (χ1n) is 8.41. The Kier molecular flexibility index (Phi) is 4.15. The van der Waals surface area contributed by atoms with E-state index in [-0.39, 0.29) is 11.9 Å². The lowest BCUT2D eigenvalue weighted by molar-refractivity contribution is 0.0601. The zero-order valence-electron chi connectivity index (χ0n) is 14.1. The number of fused-ring (bicyclic) bond motifs is 1. The molecule has 2 heterocycles. The molecule has 0 radical (unpaired) electrons. The zero-order valence-corrected chi connectivity index (χ0v) is 14.1. The molecule has 5 nitrogen and oxygen atoms in total. The molecule has 2 aromatic carbocycles. The van der Waals surface area contributed by atoms with Crippen molar-refractivity contribution in [3.05, 3.63) is 65.9 Å². The molecule has 3 aromatic rings. The van der Waals surface area contributed by atoms with Crippen molar-refractivity contribution in [3.8, 4) is 5.75 Å². The predicted molar refractivity (Wildman–Crippen MR) is 95.9 cm³/mol. The molecule has 25 heavy (non-hydrogen) atoms. The van der Waals surface area contributed by atoms with E-state index in [1.54, 1.807) is 7.11 Å². The first kappa shape index (κ1) is 15.7. The summed E-state index contributed by atoms with van der Waals surface area (Å²) in [6.07, 6.45) is 0. The molecule has 1 aliphatic rings. The second-order valence-electron chi connectivity index (χ2n) is 6.11. The largest absolute Gasteiger partial charge is 0.496 e. The Morgan fingerprint density at radius 2 is 2.00 bits per heavy atom. The minimum absolute atomic E-state index is 0.0893. The fourth-order valence-electron chi connectivity index (χ4n) is 3.40. The maximum Gasteiger partial charge on any atom is 0.290 e. The average molecular weight is 336 g/mol. The van der Waals surface area contributed by atoms with Gasteiger partial charge >= 0.3 is 0 Å². The minimum Gasteiger partial charge on any atom is -0.496 e. The molecule has 1 atom stereocenters. The summed E-state index contributed by atoms with van der Waals surface area (Å²) < 4.78 is 11.3. The Labute approximate surface area is 146 Å². The average Bonchev–Trinajstić information content (AvgIpc) is 3.11. The van der Waals surface area contributed by atoms with Crippen molar-refractivity contribution in [1.82, 2.24) is 10.2 Å². The molecule has 0 bridgehead atoms. The minimum atomic E-state index is -0.0920. The third-order valence-corrected chi connectivity index (χ3v) is 4.64. The molecule has 4 rings (SSSR count). The van der Waals surface area contributed by atoms with E-state index in [1.807, 2.05) is 59.5 Å². The molecule has 128 valence electrons. The van der Waals surface area contributed by atoms with Gasteiger partial charge in [0.25, 0.3) is 5.91 Å². The van der Waals surface area contributed by atoms with Crippen molar-refractivity contribution in [2.75, 3.05) is 26.7 Å². The van der Waals surface area contributed by atoms with Gasteiger partial charge in [-0.1, -0.05) is 36.4 Å². The summed E-state index contributed by atoms with van der Waals surface area (Å²) in [5, 5.41) is 4.31. The molecule has 1 saturated heterocycles. The van der Waals surface area contributed by atoms with Crippen molar-refractivity contribution in [1.29, 1.82) is 0 Å². The highest BCUT2D eigenvalue weighted by Crippen LogP contribution is 2.32. The molecular weight excluding hydrogens is 316 g/mol. The Balaban J connectivity index is 1.69. The van der Waals surface area contributed by atoms with Crippen LogP contribution < -0.4 is 10.1 Å². The van der Waals surface area contributed by atoms with Crippen LogP contribution >= 0.6 is 0 Å². The van der Waals surface area contributed by atoms with Gasteiger partial charge in [0.2, 0.25) is 0 Å². The van der Waals surface area contributed by atoms with Gasteiger partial charge in [0.05, 0.1) is 13.2 Å². The van der Waals surface area contributed by atoms with Crippen LogP contribution in [0, 0.1) is 0 Å². The van der Waals surface area contributed by atoms with Crippen LogP contribution in [0.25, 0.3) is 11.0 Å². The molecule has 1 unspecified atom stereocenters. The number of hydrogen-bond donors (Lipinski definition) is 1.